The molecule has 0 heterocycles. The number of aliphatic carboxylic acids is 1. The number of hydrogen-bond donors (Lipinski definition) is 1. The summed E-state index contributed by atoms with van der Waals surface area (Å²) in [5.74, 6) is 1.90. The molecular weight excluding hydrogens is 292 g/mol. The Bertz CT molecular complexity index is 485. The van der Waals surface area contributed by atoms with E-state index in [1.54, 1.807) is 0 Å². The highest BCUT2D eigenvalue weighted by atomic mass is 16.5. The highest BCUT2D eigenvalue weighted by Crippen LogP contribution is 2.64. The smallest absolute Gasteiger partial charge is 0.312 e. The molecule has 23 heavy (non-hydrogen) atoms. The standard InChI is InChI=1S/C19H28O4/c1-23-18(22)19(10-17(20)21,15-8-11-2-4-13(15)6-11)16-9-12-3-5-14(16)7-12/h11-16H,2-10H2,1H3,(H,20,21). The minimum atomic E-state index is -0.832. The van der Waals surface area contributed by atoms with Crippen LogP contribution in [0.25, 0.3) is 0 Å². The predicted molar refractivity (Wildman–Crippen MR) is 84.6 cm³/mol. The van der Waals surface area contributed by atoms with E-state index in [1.807, 2.05) is 0 Å². The molecule has 4 fully saturated rings. The summed E-state index contributed by atoms with van der Waals surface area (Å²) in [5, 5.41) is 9.65. The first kappa shape index (κ1) is 15.5. The van der Waals surface area contributed by atoms with Crippen molar-refractivity contribution in [2.45, 2.75) is 57.8 Å². The Labute approximate surface area is 138 Å². The van der Waals surface area contributed by atoms with Gasteiger partial charge in [-0.25, -0.2) is 0 Å². The summed E-state index contributed by atoms with van der Waals surface area (Å²) in [6, 6.07) is 0. The fraction of sp³-hybridized carbons (Fsp3) is 0.895. The van der Waals surface area contributed by atoms with Crippen LogP contribution in [-0.4, -0.2) is 24.2 Å². The Kier molecular flexibility index (Phi) is 3.69. The van der Waals surface area contributed by atoms with E-state index in [9.17, 15) is 14.7 Å². The summed E-state index contributed by atoms with van der Waals surface area (Å²) < 4.78 is 5.25. The second kappa shape index (κ2) is 5.49. The lowest BCUT2D eigenvalue weighted by molar-refractivity contribution is -0.172. The largest absolute Gasteiger partial charge is 0.481 e. The molecule has 128 valence electrons. The van der Waals surface area contributed by atoms with Crippen molar-refractivity contribution in [3.63, 3.8) is 0 Å². The van der Waals surface area contributed by atoms with Crippen molar-refractivity contribution >= 4 is 11.9 Å². The number of rotatable bonds is 5. The molecular formula is C19H28O4. The zero-order valence-corrected chi connectivity index (χ0v) is 14.0. The molecule has 4 saturated carbocycles. The first-order valence-corrected chi connectivity index (χ1v) is 9.34. The highest BCUT2D eigenvalue weighted by molar-refractivity contribution is 5.84. The van der Waals surface area contributed by atoms with Crippen LogP contribution in [0.3, 0.4) is 0 Å². The topological polar surface area (TPSA) is 63.6 Å². The van der Waals surface area contributed by atoms with Crippen molar-refractivity contribution in [1.29, 1.82) is 0 Å². The number of hydrogen-bond acceptors (Lipinski definition) is 3. The molecule has 0 saturated heterocycles. The Morgan fingerprint density at radius 1 is 0.957 bits per heavy atom. The van der Waals surface area contributed by atoms with E-state index in [0.717, 1.165) is 12.8 Å². The molecule has 6 unspecified atom stereocenters. The molecule has 0 amide bonds. The number of esters is 1. The van der Waals surface area contributed by atoms with Crippen LogP contribution in [0.4, 0.5) is 0 Å². The van der Waals surface area contributed by atoms with E-state index < -0.39 is 11.4 Å². The van der Waals surface area contributed by atoms with Crippen LogP contribution in [0, 0.1) is 40.9 Å². The van der Waals surface area contributed by atoms with Gasteiger partial charge in [-0.3, -0.25) is 9.59 Å². The lowest BCUT2D eigenvalue weighted by atomic mass is 9.56. The first-order valence-electron chi connectivity index (χ1n) is 9.34. The van der Waals surface area contributed by atoms with Gasteiger partial charge in [-0.15, -0.1) is 0 Å². The molecule has 6 atom stereocenters. The van der Waals surface area contributed by atoms with Gasteiger partial charge in [-0.2, -0.15) is 0 Å². The minimum Gasteiger partial charge on any atom is -0.481 e. The SMILES string of the molecule is COC(=O)C(CC(=O)O)(C1CC2CCC1C2)C1CC2CCC1C2. The third kappa shape index (κ3) is 2.24. The second-order valence-electron chi connectivity index (χ2n) is 8.67. The van der Waals surface area contributed by atoms with Crippen LogP contribution in [0.15, 0.2) is 0 Å². The van der Waals surface area contributed by atoms with E-state index in [2.05, 4.69) is 0 Å². The second-order valence-corrected chi connectivity index (χ2v) is 8.67. The Balaban J connectivity index is 1.74. The number of methoxy groups -OCH3 is 1. The molecule has 0 aromatic heterocycles. The maximum atomic E-state index is 13.0. The van der Waals surface area contributed by atoms with Crippen molar-refractivity contribution in [3.8, 4) is 0 Å². The number of fused-ring (bicyclic) bond motifs is 4. The number of ether oxygens (including phenoxy) is 1. The third-order valence-corrected chi connectivity index (χ3v) is 7.81. The van der Waals surface area contributed by atoms with Gasteiger partial charge in [0, 0.05) is 0 Å². The van der Waals surface area contributed by atoms with Crippen LogP contribution < -0.4 is 0 Å². The summed E-state index contributed by atoms with van der Waals surface area (Å²) in [7, 11) is 1.44. The van der Waals surface area contributed by atoms with Crippen LogP contribution in [0.5, 0.6) is 0 Å². The van der Waals surface area contributed by atoms with Gasteiger partial charge >= 0.3 is 11.9 Å². The van der Waals surface area contributed by atoms with Crippen LogP contribution in [0.2, 0.25) is 0 Å². The van der Waals surface area contributed by atoms with Crippen molar-refractivity contribution in [2.75, 3.05) is 7.11 Å². The average Bonchev–Trinajstić information content (AvgIpc) is 3.31. The Hall–Kier alpha value is -1.06. The molecule has 4 heteroatoms. The zero-order chi connectivity index (χ0) is 16.2. The molecule has 1 N–H and O–H groups in total. The maximum Gasteiger partial charge on any atom is 0.312 e. The first-order chi connectivity index (χ1) is 11.0. The molecule has 0 spiro atoms. The van der Waals surface area contributed by atoms with Crippen LogP contribution >= 0.6 is 0 Å². The predicted octanol–water partition coefficient (Wildman–Crippen LogP) is 3.49. The fourth-order valence-corrected chi connectivity index (χ4v) is 7.10. The van der Waals surface area contributed by atoms with Gasteiger partial charge in [0.15, 0.2) is 0 Å². The summed E-state index contributed by atoms with van der Waals surface area (Å²) in [6.45, 7) is 0. The van der Waals surface area contributed by atoms with Crippen LogP contribution in [-0.2, 0) is 14.3 Å². The van der Waals surface area contributed by atoms with Crippen molar-refractivity contribution in [3.05, 3.63) is 0 Å². The quantitative estimate of drug-likeness (QED) is 0.788. The number of carbonyl (C=O) groups excluding carboxylic acids is 1. The van der Waals surface area contributed by atoms with Crippen molar-refractivity contribution in [1.82, 2.24) is 0 Å². The lowest BCUT2D eigenvalue weighted by Crippen LogP contribution is -2.50. The summed E-state index contributed by atoms with van der Waals surface area (Å²) in [4.78, 5) is 24.8. The minimum absolute atomic E-state index is 0.0263. The Morgan fingerprint density at radius 3 is 1.78 bits per heavy atom. The van der Waals surface area contributed by atoms with E-state index >= 15 is 0 Å². The van der Waals surface area contributed by atoms with Gasteiger partial charge in [0.1, 0.15) is 0 Å². The number of carbonyl (C=O) groups is 2. The molecule has 4 nitrogen and oxygen atoms in total. The Morgan fingerprint density at radius 2 is 1.48 bits per heavy atom. The molecule has 4 aliphatic rings. The highest BCUT2D eigenvalue weighted by Gasteiger charge is 2.63. The molecule has 0 aliphatic heterocycles. The van der Waals surface area contributed by atoms with E-state index in [1.165, 1.54) is 45.6 Å². The van der Waals surface area contributed by atoms with Crippen LogP contribution in [0.1, 0.15) is 57.8 Å². The van der Waals surface area contributed by atoms with Gasteiger partial charge in [0.2, 0.25) is 0 Å². The van der Waals surface area contributed by atoms with E-state index in [-0.39, 0.29) is 24.2 Å². The van der Waals surface area contributed by atoms with E-state index in [0.29, 0.717) is 23.7 Å². The fourth-order valence-electron chi connectivity index (χ4n) is 7.10. The summed E-state index contributed by atoms with van der Waals surface area (Å²) >= 11 is 0. The maximum absolute atomic E-state index is 13.0. The molecule has 0 radical (unpaired) electrons. The average molecular weight is 320 g/mol. The zero-order valence-electron chi connectivity index (χ0n) is 14.0. The van der Waals surface area contributed by atoms with Gasteiger partial charge in [-0.1, -0.05) is 12.8 Å². The molecule has 4 rings (SSSR count). The van der Waals surface area contributed by atoms with E-state index in [4.69, 9.17) is 4.74 Å². The van der Waals surface area contributed by atoms with Gasteiger partial charge in [-0.05, 0) is 74.0 Å². The lowest BCUT2D eigenvalue weighted by Gasteiger charge is -2.46. The molecule has 0 aromatic rings. The molecule has 0 aromatic carbocycles. The summed E-state index contributed by atoms with van der Waals surface area (Å²) in [6.07, 6.45) is 9.34. The van der Waals surface area contributed by atoms with Crippen molar-refractivity contribution in [2.24, 2.45) is 40.9 Å². The monoisotopic (exact) mass is 320 g/mol. The van der Waals surface area contributed by atoms with Gasteiger partial charge in [0.05, 0.1) is 18.9 Å². The summed E-state index contributed by atoms with van der Waals surface area (Å²) in [5.41, 5.74) is -0.764. The van der Waals surface area contributed by atoms with Gasteiger partial charge < -0.3 is 9.84 Å². The number of carboxylic acid groups (broad SMARTS) is 1. The molecule has 4 aliphatic carbocycles. The third-order valence-electron chi connectivity index (χ3n) is 7.81. The normalized spacial score (nSPS) is 43.5. The van der Waals surface area contributed by atoms with Gasteiger partial charge in [0.25, 0.3) is 0 Å². The number of carboxylic acids is 1. The molecule has 4 bridgehead atoms. The van der Waals surface area contributed by atoms with Crippen molar-refractivity contribution < 1.29 is 19.4 Å².